The highest BCUT2D eigenvalue weighted by Crippen LogP contribution is 2.18. The Hall–Kier alpha value is -2.66. The molecule has 3 rings (SSSR count). The molecule has 2 N–H and O–H groups in total. The maximum Gasteiger partial charge on any atom is 0.259 e. The molecule has 0 saturated heterocycles. The minimum absolute atomic E-state index is 0.178. The van der Waals surface area contributed by atoms with Crippen molar-refractivity contribution < 1.29 is 4.79 Å². The average Bonchev–Trinajstić information content (AvgIpc) is 2.98. The van der Waals surface area contributed by atoms with Gasteiger partial charge in [0.25, 0.3) is 5.91 Å². The lowest BCUT2D eigenvalue weighted by Crippen LogP contribution is -2.25. The van der Waals surface area contributed by atoms with E-state index in [1.165, 1.54) is 10.3 Å². The SMILES string of the molecule is Cc1ccc(/C=N\NC(=O)CNc2ccc3ccccc3c2)s1. The Morgan fingerprint density at radius 2 is 1.96 bits per heavy atom. The molecule has 5 heteroatoms. The summed E-state index contributed by atoms with van der Waals surface area (Å²) in [6.07, 6.45) is 1.66. The zero-order valence-electron chi connectivity index (χ0n) is 12.7. The number of nitrogens with zero attached hydrogens (tertiary/aromatic N) is 1. The quantitative estimate of drug-likeness (QED) is 0.555. The van der Waals surface area contributed by atoms with Gasteiger partial charge in [0.2, 0.25) is 0 Å². The van der Waals surface area contributed by atoms with Crippen molar-refractivity contribution in [2.45, 2.75) is 6.92 Å². The van der Waals surface area contributed by atoms with Crippen molar-refractivity contribution in [3.05, 3.63) is 64.4 Å². The van der Waals surface area contributed by atoms with Crippen LogP contribution in [-0.2, 0) is 4.79 Å². The lowest BCUT2D eigenvalue weighted by Gasteiger charge is -2.06. The van der Waals surface area contributed by atoms with Gasteiger partial charge in [-0.1, -0.05) is 30.3 Å². The van der Waals surface area contributed by atoms with E-state index in [9.17, 15) is 4.79 Å². The molecular formula is C18H17N3OS. The van der Waals surface area contributed by atoms with Crippen molar-refractivity contribution >= 4 is 39.9 Å². The average molecular weight is 323 g/mol. The van der Waals surface area contributed by atoms with Gasteiger partial charge in [-0.3, -0.25) is 4.79 Å². The van der Waals surface area contributed by atoms with Gasteiger partial charge in [-0.05, 0) is 42.0 Å². The third kappa shape index (κ3) is 4.17. The molecule has 0 aliphatic rings. The number of hydrogen-bond donors (Lipinski definition) is 2. The number of thiophene rings is 1. The van der Waals surface area contributed by atoms with Gasteiger partial charge >= 0.3 is 0 Å². The predicted molar refractivity (Wildman–Crippen MR) is 97.2 cm³/mol. The molecule has 0 unspecified atom stereocenters. The molecule has 0 saturated carbocycles. The Morgan fingerprint density at radius 3 is 2.74 bits per heavy atom. The highest BCUT2D eigenvalue weighted by molar-refractivity contribution is 7.13. The largest absolute Gasteiger partial charge is 0.376 e. The van der Waals surface area contributed by atoms with Crippen molar-refractivity contribution in [1.29, 1.82) is 0 Å². The fourth-order valence-electron chi connectivity index (χ4n) is 2.21. The van der Waals surface area contributed by atoms with Gasteiger partial charge < -0.3 is 5.32 Å². The second-order valence-corrected chi connectivity index (χ2v) is 6.48. The number of hydrogen-bond acceptors (Lipinski definition) is 4. The first-order valence-corrected chi connectivity index (χ1v) is 8.13. The summed E-state index contributed by atoms with van der Waals surface area (Å²) in [6.45, 7) is 2.22. The minimum atomic E-state index is -0.178. The second kappa shape index (κ2) is 7.07. The summed E-state index contributed by atoms with van der Waals surface area (Å²) in [5.74, 6) is -0.178. The van der Waals surface area contributed by atoms with Gasteiger partial charge in [0.1, 0.15) is 0 Å². The molecule has 0 aliphatic heterocycles. The van der Waals surface area contributed by atoms with Crippen molar-refractivity contribution in [2.24, 2.45) is 5.10 Å². The van der Waals surface area contributed by atoms with Crippen molar-refractivity contribution in [2.75, 3.05) is 11.9 Å². The molecule has 4 nitrogen and oxygen atoms in total. The summed E-state index contributed by atoms with van der Waals surface area (Å²) in [4.78, 5) is 14.0. The molecule has 0 radical (unpaired) electrons. The van der Waals surface area contributed by atoms with E-state index in [1.807, 2.05) is 55.5 Å². The van der Waals surface area contributed by atoms with Crippen LogP contribution in [0.25, 0.3) is 10.8 Å². The van der Waals surface area contributed by atoms with E-state index >= 15 is 0 Å². The summed E-state index contributed by atoms with van der Waals surface area (Å²) < 4.78 is 0. The summed E-state index contributed by atoms with van der Waals surface area (Å²) in [5.41, 5.74) is 3.44. The zero-order valence-corrected chi connectivity index (χ0v) is 13.6. The third-order valence-electron chi connectivity index (χ3n) is 3.34. The van der Waals surface area contributed by atoms with Crippen LogP contribution < -0.4 is 10.7 Å². The smallest absolute Gasteiger partial charge is 0.259 e. The molecule has 0 fully saturated rings. The minimum Gasteiger partial charge on any atom is -0.376 e. The first kappa shape index (κ1) is 15.2. The van der Waals surface area contributed by atoms with Crippen LogP contribution in [0.3, 0.4) is 0 Å². The van der Waals surface area contributed by atoms with Crippen LogP contribution in [0.1, 0.15) is 9.75 Å². The molecular weight excluding hydrogens is 306 g/mol. The van der Waals surface area contributed by atoms with Crippen LogP contribution in [-0.4, -0.2) is 18.7 Å². The molecule has 1 heterocycles. The molecule has 2 aromatic carbocycles. The highest BCUT2D eigenvalue weighted by Gasteiger charge is 2.01. The Balaban J connectivity index is 1.52. The summed E-state index contributed by atoms with van der Waals surface area (Å²) >= 11 is 1.63. The normalized spacial score (nSPS) is 11.0. The number of aryl methyl sites for hydroxylation is 1. The maximum atomic E-state index is 11.8. The molecule has 3 aromatic rings. The van der Waals surface area contributed by atoms with Crippen LogP contribution in [0.4, 0.5) is 5.69 Å². The van der Waals surface area contributed by atoms with Gasteiger partial charge in [0.05, 0.1) is 12.8 Å². The van der Waals surface area contributed by atoms with Crippen LogP contribution in [0.15, 0.2) is 59.7 Å². The molecule has 1 aromatic heterocycles. The third-order valence-corrected chi connectivity index (χ3v) is 4.28. The standard InChI is InChI=1S/C18H17N3OS/c1-13-6-9-17(23-13)11-20-21-18(22)12-19-16-8-7-14-4-2-3-5-15(14)10-16/h2-11,19H,12H2,1H3,(H,21,22)/b20-11-. The lowest BCUT2D eigenvalue weighted by molar-refractivity contribution is -0.119. The van der Waals surface area contributed by atoms with E-state index in [1.54, 1.807) is 17.6 Å². The van der Waals surface area contributed by atoms with Gasteiger partial charge in [-0.2, -0.15) is 5.10 Å². The van der Waals surface area contributed by atoms with E-state index in [0.717, 1.165) is 16.0 Å². The Kier molecular flexibility index (Phi) is 4.68. The second-order valence-electron chi connectivity index (χ2n) is 5.16. The monoisotopic (exact) mass is 323 g/mol. The predicted octanol–water partition coefficient (Wildman–Crippen LogP) is 3.77. The van der Waals surface area contributed by atoms with Gasteiger partial charge in [-0.15, -0.1) is 11.3 Å². The fourth-order valence-corrected chi connectivity index (χ4v) is 2.96. The summed E-state index contributed by atoms with van der Waals surface area (Å²) in [5, 5.41) is 9.39. The Morgan fingerprint density at radius 1 is 1.13 bits per heavy atom. The van der Waals surface area contributed by atoms with E-state index in [2.05, 4.69) is 21.9 Å². The molecule has 0 aliphatic carbocycles. The highest BCUT2D eigenvalue weighted by atomic mass is 32.1. The van der Waals surface area contributed by atoms with Gasteiger partial charge in [0.15, 0.2) is 0 Å². The maximum absolute atomic E-state index is 11.8. The van der Waals surface area contributed by atoms with Crippen molar-refractivity contribution in [3.8, 4) is 0 Å². The Labute approximate surface area is 138 Å². The topological polar surface area (TPSA) is 53.5 Å². The molecule has 1 amide bonds. The number of anilines is 1. The number of amides is 1. The van der Waals surface area contributed by atoms with E-state index < -0.39 is 0 Å². The van der Waals surface area contributed by atoms with E-state index in [4.69, 9.17) is 0 Å². The van der Waals surface area contributed by atoms with Crippen molar-refractivity contribution in [3.63, 3.8) is 0 Å². The van der Waals surface area contributed by atoms with Crippen molar-refractivity contribution in [1.82, 2.24) is 5.43 Å². The molecule has 0 atom stereocenters. The number of rotatable bonds is 5. The summed E-state index contributed by atoms with van der Waals surface area (Å²) in [7, 11) is 0. The number of carbonyl (C=O) groups is 1. The van der Waals surface area contributed by atoms with Gasteiger partial charge in [-0.25, -0.2) is 5.43 Å². The van der Waals surface area contributed by atoms with Gasteiger partial charge in [0, 0.05) is 15.4 Å². The lowest BCUT2D eigenvalue weighted by atomic mass is 10.1. The molecule has 23 heavy (non-hydrogen) atoms. The number of benzene rings is 2. The number of carbonyl (C=O) groups excluding carboxylic acids is 1. The molecule has 116 valence electrons. The Bertz CT molecular complexity index is 854. The van der Waals surface area contributed by atoms with Crippen LogP contribution in [0.5, 0.6) is 0 Å². The first-order chi connectivity index (χ1) is 11.2. The number of nitrogens with one attached hydrogen (secondary N) is 2. The number of fused-ring (bicyclic) bond motifs is 1. The van der Waals surface area contributed by atoms with E-state index in [0.29, 0.717) is 0 Å². The van der Waals surface area contributed by atoms with Crippen LogP contribution >= 0.6 is 11.3 Å². The number of hydrazone groups is 1. The zero-order chi connectivity index (χ0) is 16.1. The molecule has 0 spiro atoms. The van der Waals surface area contributed by atoms with E-state index in [-0.39, 0.29) is 12.5 Å². The fraction of sp³-hybridized carbons (Fsp3) is 0.111. The summed E-state index contributed by atoms with van der Waals surface area (Å²) in [6, 6.07) is 18.1. The first-order valence-electron chi connectivity index (χ1n) is 7.32. The van der Waals surface area contributed by atoms with Crippen LogP contribution in [0.2, 0.25) is 0 Å². The van der Waals surface area contributed by atoms with Crippen LogP contribution in [0, 0.1) is 6.92 Å². The molecule has 0 bridgehead atoms.